The predicted molar refractivity (Wildman–Crippen MR) is 122 cm³/mol. The number of alkyl halides is 8. The summed E-state index contributed by atoms with van der Waals surface area (Å²) in [6.07, 6.45) is -11.5. The van der Waals surface area contributed by atoms with E-state index in [1.165, 1.54) is 13.8 Å². The molecule has 2 amide bonds. The van der Waals surface area contributed by atoms with Crippen molar-refractivity contribution in [1.82, 2.24) is 15.1 Å². The molecule has 0 unspecified atom stereocenters. The lowest BCUT2D eigenvalue weighted by Gasteiger charge is -2.24. The van der Waals surface area contributed by atoms with Crippen LogP contribution in [-0.2, 0) is 18.6 Å². The van der Waals surface area contributed by atoms with Gasteiger partial charge in [0.2, 0.25) is 0 Å². The Hall–Kier alpha value is -3.41. The van der Waals surface area contributed by atoms with Crippen molar-refractivity contribution in [2.24, 2.45) is 0 Å². The third kappa shape index (κ3) is 5.66. The van der Waals surface area contributed by atoms with Crippen molar-refractivity contribution in [1.29, 1.82) is 0 Å². The summed E-state index contributed by atoms with van der Waals surface area (Å²) in [4.78, 5) is 30.1. The molecule has 1 aromatic carbocycles. The number of amides is 2. The summed E-state index contributed by atoms with van der Waals surface area (Å²) in [5.41, 5.74) is -8.23. The van der Waals surface area contributed by atoms with Crippen molar-refractivity contribution in [2.45, 2.75) is 63.6 Å². The predicted octanol–water partition coefficient (Wildman–Crippen LogP) is 6.43. The summed E-state index contributed by atoms with van der Waals surface area (Å²) in [7, 11) is 0. The second kappa shape index (κ2) is 10.3. The summed E-state index contributed by atoms with van der Waals surface area (Å²) in [6.45, 7) is 8.92. The fourth-order valence-corrected chi connectivity index (χ4v) is 3.97. The van der Waals surface area contributed by atoms with Gasteiger partial charge < -0.3 is 4.90 Å². The number of aromatic nitrogens is 2. The topological polar surface area (TPSA) is 71.6 Å². The highest BCUT2D eigenvalue weighted by Crippen LogP contribution is 2.49. The van der Waals surface area contributed by atoms with Crippen LogP contribution in [0.15, 0.2) is 18.2 Å². The van der Waals surface area contributed by atoms with Gasteiger partial charge in [-0.3, -0.25) is 24.4 Å². The average molecular weight is 586 g/mol. The normalized spacial score (nSPS) is 15.0. The summed E-state index contributed by atoms with van der Waals surface area (Å²) < 4.78 is 110. The molecule has 0 saturated heterocycles. The van der Waals surface area contributed by atoms with Crippen molar-refractivity contribution in [3.05, 3.63) is 57.2 Å². The van der Waals surface area contributed by atoms with Crippen LogP contribution < -0.4 is 10.2 Å². The number of nitrogens with zero attached hydrogens (tertiary/aromatic N) is 4. The number of hydrogen-bond acceptors (Lipinski definition) is 3. The molecule has 0 bridgehead atoms. The average Bonchev–Trinajstić information content (AvgIpc) is 3.48. The van der Waals surface area contributed by atoms with Crippen LogP contribution >= 0.6 is 11.6 Å². The maximum Gasteiger partial charge on any atom is 0.459 e. The molecule has 1 aliphatic rings. The van der Waals surface area contributed by atoms with Gasteiger partial charge in [0, 0.05) is 18.8 Å². The number of carbonyl (C=O) groups is 2. The van der Waals surface area contributed by atoms with Crippen molar-refractivity contribution in [3.8, 4) is 0 Å². The minimum atomic E-state index is -6.42. The van der Waals surface area contributed by atoms with Gasteiger partial charge in [0.15, 0.2) is 5.69 Å². The molecule has 0 aliphatic heterocycles. The molecular weight excluding hydrogens is 566 g/mol. The molecule has 0 radical (unpaired) electrons. The zero-order valence-electron chi connectivity index (χ0n) is 20.3. The molecule has 3 rings (SSSR count). The first-order valence-electron chi connectivity index (χ1n) is 11.4. The van der Waals surface area contributed by atoms with Crippen molar-refractivity contribution in [3.63, 3.8) is 0 Å². The Morgan fingerprint density at radius 2 is 1.77 bits per heavy atom. The molecule has 212 valence electrons. The van der Waals surface area contributed by atoms with Gasteiger partial charge in [0.25, 0.3) is 11.8 Å². The molecule has 1 N–H and O–H groups in total. The fraction of sp³-hybridized carbons (Fsp3) is 0.478. The molecule has 1 saturated carbocycles. The molecular formula is C23H20ClF8N5O2. The Kier molecular flexibility index (Phi) is 7.95. The standard InChI is InChI=1S/C23H20ClF8N5O2/c1-4-10-37-16(15(22(27,28)29)17(35-37)21(25,26)23(30,31)32)19(39)36(5-2)12-6-7-14(24)13(11-12)18(38)34-20(33-3)8-9-20/h6-7,11H,4-5,8-10H2,1-2H3,(H,34,38). The zero-order chi connectivity index (χ0) is 29.6. The minimum Gasteiger partial charge on any atom is -0.307 e. The molecule has 1 heterocycles. The molecule has 1 fully saturated rings. The van der Waals surface area contributed by atoms with Crippen LogP contribution in [0.25, 0.3) is 4.85 Å². The van der Waals surface area contributed by atoms with E-state index in [4.69, 9.17) is 18.2 Å². The molecule has 39 heavy (non-hydrogen) atoms. The van der Waals surface area contributed by atoms with Gasteiger partial charge in [0.05, 0.1) is 23.4 Å². The molecule has 1 aromatic heterocycles. The smallest absolute Gasteiger partial charge is 0.307 e. The minimum absolute atomic E-state index is 0.0590. The van der Waals surface area contributed by atoms with E-state index < -0.39 is 59.2 Å². The van der Waals surface area contributed by atoms with Gasteiger partial charge in [-0.15, -0.1) is 0 Å². The summed E-state index contributed by atoms with van der Waals surface area (Å²) in [5.74, 6) is -8.41. The van der Waals surface area contributed by atoms with Crippen LogP contribution in [0.4, 0.5) is 40.8 Å². The molecule has 16 heteroatoms. The van der Waals surface area contributed by atoms with E-state index in [9.17, 15) is 44.7 Å². The van der Waals surface area contributed by atoms with Crippen LogP contribution in [0.2, 0.25) is 5.02 Å². The van der Waals surface area contributed by atoms with Crippen LogP contribution in [0.5, 0.6) is 0 Å². The first-order chi connectivity index (χ1) is 17.9. The van der Waals surface area contributed by atoms with Gasteiger partial charge in [-0.2, -0.15) is 40.2 Å². The van der Waals surface area contributed by atoms with Crippen molar-refractivity contribution >= 4 is 29.1 Å². The monoisotopic (exact) mass is 585 g/mol. The zero-order valence-corrected chi connectivity index (χ0v) is 21.0. The second-order valence-corrected chi connectivity index (χ2v) is 9.08. The number of aryl methyl sites for hydroxylation is 1. The van der Waals surface area contributed by atoms with E-state index in [1.54, 1.807) is 0 Å². The maximum absolute atomic E-state index is 14.2. The van der Waals surface area contributed by atoms with E-state index >= 15 is 0 Å². The molecule has 1 aliphatic carbocycles. The summed E-state index contributed by atoms with van der Waals surface area (Å²) in [6, 6.07) is 3.34. The van der Waals surface area contributed by atoms with Crippen LogP contribution in [-0.4, -0.2) is 40.0 Å². The van der Waals surface area contributed by atoms with Gasteiger partial charge in [-0.05, 0) is 31.5 Å². The lowest BCUT2D eigenvalue weighted by atomic mass is 10.1. The van der Waals surface area contributed by atoms with Crippen molar-refractivity contribution < 1.29 is 44.7 Å². The van der Waals surface area contributed by atoms with Gasteiger partial charge in [-0.25, -0.2) is 6.57 Å². The number of nitrogens with one attached hydrogen (secondary N) is 1. The molecule has 0 atom stereocenters. The summed E-state index contributed by atoms with van der Waals surface area (Å²) >= 11 is 6.08. The third-order valence-electron chi connectivity index (χ3n) is 5.88. The van der Waals surface area contributed by atoms with Crippen LogP contribution in [0.1, 0.15) is 65.2 Å². The Labute approximate surface area is 221 Å². The number of halogens is 9. The summed E-state index contributed by atoms with van der Waals surface area (Å²) in [5, 5.41) is 5.27. The van der Waals surface area contributed by atoms with E-state index in [-0.39, 0.29) is 33.9 Å². The number of anilines is 1. The molecule has 7 nitrogen and oxygen atoms in total. The van der Waals surface area contributed by atoms with Crippen molar-refractivity contribution in [2.75, 3.05) is 11.4 Å². The van der Waals surface area contributed by atoms with Crippen LogP contribution in [0.3, 0.4) is 0 Å². The van der Waals surface area contributed by atoms with E-state index in [0.717, 1.165) is 18.2 Å². The highest BCUT2D eigenvalue weighted by atomic mass is 35.5. The first-order valence-corrected chi connectivity index (χ1v) is 11.8. The SMILES string of the molecule is [C-]#[N+]C1(NC(=O)c2cc(N(CC)C(=O)c3c(C(F)(F)F)c(C(F)(F)C(F)(F)F)nn3CCC)ccc2Cl)CC1. The van der Waals surface area contributed by atoms with Gasteiger partial charge in [0.1, 0.15) is 11.3 Å². The maximum atomic E-state index is 14.2. The Morgan fingerprint density at radius 1 is 1.15 bits per heavy atom. The first kappa shape index (κ1) is 30.1. The number of rotatable bonds is 8. The van der Waals surface area contributed by atoms with Gasteiger partial charge in [-0.1, -0.05) is 18.5 Å². The highest BCUT2D eigenvalue weighted by molar-refractivity contribution is 6.34. The quantitative estimate of drug-likeness (QED) is 0.287. The Balaban J connectivity index is 2.17. The fourth-order valence-electron chi connectivity index (χ4n) is 3.76. The van der Waals surface area contributed by atoms with E-state index in [1.807, 2.05) is 0 Å². The second-order valence-electron chi connectivity index (χ2n) is 8.68. The lowest BCUT2D eigenvalue weighted by Crippen LogP contribution is -2.37. The lowest BCUT2D eigenvalue weighted by molar-refractivity contribution is -0.292. The Bertz CT molecular complexity index is 1330. The molecule has 0 spiro atoms. The van der Waals surface area contributed by atoms with Gasteiger partial charge >= 0.3 is 23.9 Å². The van der Waals surface area contributed by atoms with E-state index in [2.05, 4.69) is 15.3 Å². The highest BCUT2D eigenvalue weighted by Gasteiger charge is 2.64. The molecule has 2 aromatic rings. The third-order valence-corrected chi connectivity index (χ3v) is 6.21. The number of hydrogen-bond donors (Lipinski definition) is 1. The number of benzene rings is 1. The van der Waals surface area contributed by atoms with E-state index in [0.29, 0.717) is 17.7 Å². The van der Waals surface area contributed by atoms with Crippen LogP contribution in [0, 0.1) is 6.57 Å². The number of carbonyl (C=O) groups excluding carboxylic acids is 2. The largest absolute Gasteiger partial charge is 0.459 e. The Morgan fingerprint density at radius 3 is 2.23 bits per heavy atom.